The number of carbonyl (C=O) groups excluding carboxylic acids is 1. The first-order valence-corrected chi connectivity index (χ1v) is 8.82. The van der Waals surface area contributed by atoms with E-state index < -0.39 is 11.6 Å². The van der Waals surface area contributed by atoms with Crippen LogP contribution in [0.25, 0.3) is 0 Å². The lowest BCUT2D eigenvalue weighted by molar-refractivity contribution is 0.185. The number of aryl methyl sites for hydroxylation is 1. The molecule has 1 amide bonds. The number of hydrogen-bond donors (Lipinski definition) is 1. The van der Waals surface area contributed by atoms with Gasteiger partial charge in [-0.2, -0.15) is 4.98 Å². The largest absolute Gasteiger partial charge is 0.477 e. The Hall–Kier alpha value is -2.15. The number of hydrogen-bond acceptors (Lipinski definition) is 6. The van der Waals surface area contributed by atoms with E-state index in [-0.39, 0.29) is 5.88 Å². The van der Waals surface area contributed by atoms with Crippen LogP contribution in [0.3, 0.4) is 0 Å². The second-order valence-electron chi connectivity index (χ2n) is 6.50. The second kappa shape index (κ2) is 6.76. The van der Waals surface area contributed by atoms with Crippen LogP contribution in [-0.4, -0.2) is 22.7 Å². The van der Waals surface area contributed by atoms with Crippen LogP contribution in [0.5, 0.6) is 11.8 Å². The molecule has 2 heterocycles. The van der Waals surface area contributed by atoms with Gasteiger partial charge in [-0.15, -0.1) is 11.3 Å². The molecule has 3 rings (SSSR count). The predicted molar refractivity (Wildman–Crippen MR) is 91.5 cm³/mol. The summed E-state index contributed by atoms with van der Waals surface area (Å²) in [6.07, 6.45) is 3.56. The Kier molecular flexibility index (Phi) is 4.71. The maximum Gasteiger partial charge on any atom is 0.414 e. The summed E-state index contributed by atoms with van der Waals surface area (Å²) < 4.78 is 11.0. The summed E-state index contributed by atoms with van der Waals surface area (Å²) in [4.78, 5) is 20.7. The van der Waals surface area contributed by atoms with Gasteiger partial charge in [-0.1, -0.05) is 0 Å². The van der Waals surface area contributed by atoms with E-state index in [9.17, 15) is 4.79 Å². The number of rotatable bonds is 6. The maximum atomic E-state index is 12.2. The Bertz CT molecular complexity index is 712. The van der Waals surface area contributed by atoms with Gasteiger partial charge in [0.05, 0.1) is 12.1 Å². The van der Waals surface area contributed by atoms with Crippen molar-refractivity contribution in [3.8, 4) is 11.8 Å². The number of pyridine rings is 1. The average molecular weight is 347 g/mol. The minimum absolute atomic E-state index is 0.221. The quantitative estimate of drug-likeness (QED) is 0.863. The Morgan fingerprint density at radius 3 is 2.88 bits per heavy atom. The van der Waals surface area contributed by atoms with Crippen molar-refractivity contribution in [1.82, 2.24) is 15.3 Å². The molecule has 0 bridgehead atoms. The maximum absolute atomic E-state index is 12.2. The zero-order valence-electron chi connectivity index (χ0n) is 14.0. The number of nitrogens with one attached hydrogen (secondary N) is 1. The molecule has 0 saturated heterocycles. The van der Waals surface area contributed by atoms with Gasteiger partial charge in [-0.3, -0.25) is 0 Å². The number of ether oxygens (including phenoxy) is 2. The van der Waals surface area contributed by atoms with Crippen molar-refractivity contribution in [2.75, 3.05) is 6.61 Å². The molecule has 0 unspecified atom stereocenters. The van der Waals surface area contributed by atoms with Gasteiger partial charge >= 0.3 is 6.09 Å². The molecule has 2 aromatic rings. The summed E-state index contributed by atoms with van der Waals surface area (Å²) in [5, 5.41) is 5.49. The van der Waals surface area contributed by atoms with Crippen LogP contribution >= 0.6 is 11.3 Å². The molecule has 2 aromatic heterocycles. The van der Waals surface area contributed by atoms with Crippen LogP contribution in [0.4, 0.5) is 4.79 Å². The van der Waals surface area contributed by atoms with Crippen molar-refractivity contribution in [3.63, 3.8) is 0 Å². The van der Waals surface area contributed by atoms with Crippen molar-refractivity contribution in [2.45, 2.75) is 39.2 Å². The Morgan fingerprint density at radius 2 is 2.21 bits per heavy atom. The van der Waals surface area contributed by atoms with Crippen LogP contribution < -0.4 is 14.8 Å². The van der Waals surface area contributed by atoms with E-state index >= 15 is 0 Å². The molecule has 1 fully saturated rings. The monoisotopic (exact) mass is 347 g/mol. The molecule has 7 heteroatoms. The van der Waals surface area contributed by atoms with Gasteiger partial charge < -0.3 is 14.8 Å². The molecule has 1 aliphatic carbocycles. The van der Waals surface area contributed by atoms with Gasteiger partial charge in [0, 0.05) is 23.2 Å². The van der Waals surface area contributed by atoms with Crippen molar-refractivity contribution in [3.05, 3.63) is 34.3 Å². The highest BCUT2D eigenvalue weighted by Crippen LogP contribution is 2.30. The molecule has 1 N–H and O–H groups in total. The molecule has 0 radical (unpaired) electrons. The van der Waals surface area contributed by atoms with Crippen molar-refractivity contribution in [2.24, 2.45) is 5.92 Å². The van der Waals surface area contributed by atoms with Gasteiger partial charge in [0.25, 0.3) is 0 Å². The number of aromatic nitrogens is 2. The second-order valence-corrected chi connectivity index (χ2v) is 7.40. The van der Waals surface area contributed by atoms with Gasteiger partial charge in [0.15, 0.2) is 0 Å². The lowest BCUT2D eigenvalue weighted by atomic mass is 10.1. The molecule has 6 nitrogen and oxygen atoms in total. The molecule has 24 heavy (non-hydrogen) atoms. The SMILES string of the molecule is Cc1ccc(OC(=O)NC(C)(C)c2nccs2)nc1OCC1CC1. The van der Waals surface area contributed by atoms with Crippen LogP contribution in [-0.2, 0) is 5.54 Å². The smallest absolute Gasteiger partial charge is 0.414 e. The van der Waals surface area contributed by atoms with E-state index in [0.29, 0.717) is 18.4 Å². The summed E-state index contributed by atoms with van der Waals surface area (Å²) >= 11 is 1.48. The van der Waals surface area contributed by atoms with Crippen molar-refractivity contribution in [1.29, 1.82) is 0 Å². The summed E-state index contributed by atoms with van der Waals surface area (Å²) in [7, 11) is 0. The molecular weight excluding hydrogens is 326 g/mol. The Morgan fingerprint density at radius 1 is 1.42 bits per heavy atom. The molecule has 1 aliphatic rings. The van der Waals surface area contributed by atoms with Crippen LogP contribution in [0.15, 0.2) is 23.7 Å². The standard InChI is InChI=1S/C17H21N3O3S/c1-11-4-7-13(19-14(11)22-10-12-5-6-12)23-16(21)20-17(2,3)15-18-8-9-24-15/h4,7-9,12H,5-6,10H2,1-3H3,(H,20,21). The molecular formula is C17H21N3O3S. The zero-order valence-corrected chi connectivity index (χ0v) is 14.9. The van der Waals surface area contributed by atoms with Gasteiger partial charge in [-0.05, 0) is 45.6 Å². The fourth-order valence-electron chi connectivity index (χ4n) is 2.14. The molecule has 0 spiro atoms. The summed E-state index contributed by atoms with van der Waals surface area (Å²) in [5.74, 6) is 1.38. The molecule has 0 aromatic carbocycles. The highest BCUT2D eigenvalue weighted by atomic mass is 32.1. The third-order valence-corrected chi connectivity index (χ3v) is 4.85. The summed E-state index contributed by atoms with van der Waals surface area (Å²) in [6, 6.07) is 3.50. The average Bonchev–Trinajstić information content (AvgIpc) is 3.16. The first kappa shape index (κ1) is 16.7. The third-order valence-electron chi connectivity index (χ3n) is 3.76. The Labute approximate surface area is 145 Å². The van der Waals surface area contributed by atoms with Crippen LogP contribution in [0.1, 0.15) is 37.3 Å². The fraction of sp³-hybridized carbons (Fsp3) is 0.471. The lowest BCUT2D eigenvalue weighted by Crippen LogP contribution is -2.42. The van der Waals surface area contributed by atoms with E-state index in [0.717, 1.165) is 10.6 Å². The number of thiazole rings is 1. The van der Waals surface area contributed by atoms with Crippen LogP contribution in [0, 0.1) is 12.8 Å². The van der Waals surface area contributed by atoms with E-state index in [1.54, 1.807) is 12.3 Å². The van der Waals surface area contributed by atoms with Crippen molar-refractivity contribution < 1.29 is 14.3 Å². The number of nitrogens with zero attached hydrogens (tertiary/aromatic N) is 2. The van der Waals surface area contributed by atoms with Gasteiger partial charge in [0.2, 0.25) is 11.8 Å². The molecule has 1 saturated carbocycles. The number of carbonyl (C=O) groups is 1. The highest BCUT2D eigenvalue weighted by Gasteiger charge is 2.27. The molecule has 128 valence electrons. The first-order valence-electron chi connectivity index (χ1n) is 7.94. The summed E-state index contributed by atoms with van der Waals surface area (Å²) in [6.45, 7) is 6.34. The topological polar surface area (TPSA) is 73.3 Å². The van der Waals surface area contributed by atoms with E-state index in [1.165, 1.54) is 24.2 Å². The minimum Gasteiger partial charge on any atom is -0.477 e. The van der Waals surface area contributed by atoms with Crippen molar-refractivity contribution >= 4 is 17.4 Å². The first-order chi connectivity index (χ1) is 11.4. The van der Waals surface area contributed by atoms with E-state index in [2.05, 4.69) is 15.3 Å². The highest BCUT2D eigenvalue weighted by molar-refractivity contribution is 7.09. The van der Waals surface area contributed by atoms with Gasteiger partial charge in [-0.25, -0.2) is 9.78 Å². The van der Waals surface area contributed by atoms with E-state index in [1.807, 2.05) is 32.2 Å². The molecule has 0 atom stereocenters. The predicted octanol–water partition coefficient (Wildman–Crippen LogP) is 3.66. The number of amides is 1. The Balaban J connectivity index is 1.62. The normalized spacial score (nSPS) is 14.3. The molecule has 0 aliphatic heterocycles. The lowest BCUT2D eigenvalue weighted by Gasteiger charge is -2.23. The van der Waals surface area contributed by atoms with Crippen LogP contribution in [0.2, 0.25) is 0 Å². The zero-order chi connectivity index (χ0) is 17.2. The minimum atomic E-state index is -0.610. The van der Waals surface area contributed by atoms with Gasteiger partial charge in [0.1, 0.15) is 5.01 Å². The fourth-order valence-corrected chi connectivity index (χ4v) is 2.86. The summed E-state index contributed by atoms with van der Waals surface area (Å²) in [5.41, 5.74) is 0.313. The third kappa shape index (κ3) is 4.23. The van der Waals surface area contributed by atoms with E-state index in [4.69, 9.17) is 9.47 Å².